The maximum absolute atomic E-state index is 14.2. The molecule has 1 aliphatic rings. The number of nitrogens with zero attached hydrogens (tertiary/aromatic N) is 1. The predicted molar refractivity (Wildman–Crippen MR) is 111 cm³/mol. The molecule has 0 radical (unpaired) electrons. The maximum atomic E-state index is 14.2. The first-order chi connectivity index (χ1) is 14.7. The highest BCUT2D eigenvalue weighted by molar-refractivity contribution is 7.89. The van der Waals surface area contributed by atoms with Crippen molar-refractivity contribution in [2.75, 3.05) is 38.2 Å². The molecule has 0 unspecified atom stereocenters. The first kappa shape index (κ1) is 23.4. The van der Waals surface area contributed by atoms with Crippen molar-refractivity contribution < 1.29 is 31.9 Å². The second-order valence-corrected chi connectivity index (χ2v) is 9.19. The van der Waals surface area contributed by atoms with Crippen molar-refractivity contribution in [2.24, 2.45) is 0 Å². The lowest BCUT2D eigenvalue weighted by atomic mass is 10.2. The zero-order valence-corrected chi connectivity index (χ0v) is 18.3. The molecule has 1 aliphatic heterocycles. The molecule has 31 heavy (non-hydrogen) atoms. The standard InChI is InChI=1S/C19H17Cl2FN2O6S/c20-12-1-3-15(21)17(9-12)23-18(25)11-30-19(26)14-10-13(2-4-16(14)22)31(27,28)24-5-7-29-8-6-24/h1-4,9-10H,5-8,11H2,(H,23,25). The second kappa shape index (κ2) is 9.92. The Bertz CT molecular complexity index is 1110. The van der Waals surface area contributed by atoms with Crippen LogP contribution in [0.25, 0.3) is 0 Å². The van der Waals surface area contributed by atoms with Crippen molar-refractivity contribution >= 4 is 50.8 Å². The first-order valence-corrected chi connectivity index (χ1v) is 11.2. The summed E-state index contributed by atoms with van der Waals surface area (Å²) in [5.74, 6) is -2.91. The van der Waals surface area contributed by atoms with Gasteiger partial charge in [0.15, 0.2) is 6.61 Å². The summed E-state index contributed by atoms with van der Waals surface area (Å²) in [6, 6.07) is 7.21. The van der Waals surface area contributed by atoms with E-state index in [0.29, 0.717) is 5.02 Å². The molecule has 1 amide bonds. The van der Waals surface area contributed by atoms with E-state index in [1.165, 1.54) is 22.5 Å². The van der Waals surface area contributed by atoms with Crippen molar-refractivity contribution in [3.8, 4) is 0 Å². The first-order valence-electron chi connectivity index (χ1n) is 8.98. The van der Waals surface area contributed by atoms with Crippen LogP contribution in [0, 0.1) is 5.82 Å². The van der Waals surface area contributed by atoms with Crippen LogP contribution in [0.1, 0.15) is 10.4 Å². The largest absolute Gasteiger partial charge is 0.452 e. The zero-order chi connectivity index (χ0) is 22.6. The quantitative estimate of drug-likeness (QED) is 0.624. The van der Waals surface area contributed by atoms with E-state index in [4.69, 9.17) is 32.7 Å². The summed E-state index contributed by atoms with van der Waals surface area (Å²) in [6.07, 6.45) is 0. The molecule has 166 valence electrons. The molecule has 8 nitrogen and oxygen atoms in total. The topological polar surface area (TPSA) is 102 Å². The van der Waals surface area contributed by atoms with Gasteiger partial charge >= 0.3 is 5.97 Å². The van der Waals surface area contributed by atoms with Crippen LogP contribution < -0.4 is 5.32 Å². The number of hydrogen-bond donors (Lipinski definition) is 1. The molecule has 0 aromatic heterocycles. The van der Waals surface area contributed by atoms with Crippen molar-refractivity contribution in [1.82, 2.24) is 4.31 Å². The second-order valence-electron chi connectivity index (χ2n) is 6.41. The molecule has 0 aliphatic carbocycles. The molecule has 1 N–H and O–H groups in total. The molecule has 0 atom stereocenters. The highest BCUT2D eigenvalue weighted by Crippen LogP contribution is 2.25. The van der Waals surface area contributed by atoms with Crippen LogP contribution in [0.3, 0.4) is 0 Å². The van der Waals surface area contributed by atoms with Crippen LogP contribution in [0.4, 0.5) is 10.1 Å². The van der Waals surface area contributed by atoms with Gasteiger partial charge in [-0.05, 0) is 36.4 Å². The number of amides is 1. The summed E-state index contributed by atoms with van der Waals surface area (Å²) in [7, 11) is -3.94. The normalized spacial score (nSPS) is 14.8. The monoisotopic (exact) mass is 490 g/mol. The van der Waals surface area contributed by atoms with Gasteiger partial charge in [0.1, 0.15) is 5.82 Å². The van der Waals surface area contributed by atoms with Gasteiger partial charge in [-0.25, -0.2) is 17.6 Å². The van der Waals surface area contributed by atoms with Gasteiger partial charge in [-0.15, -0.1) is 0 Å². The Labute approximate surface area is 187 Å². The van der Waals surface area contributed by atoms with Gasteiger partial charge in [0.25, 0.3) is 5.91 Å². The fraction of sp³-hybridized carbons (Fsp3) is 0.263. The van der Waals surface area contributed by atoms with Crippen LogP contribution in [-0.4, -0.2) is 57.5 Å². The Morgan fingerprint density at radius 3 is 2.55 bits per heavy atom. The highest BCUT2D eigenvalue weighted by atomic mass is 35.5. The van der Waals surface area contributed by atoms with E-state index < -0.39 is 39.9 Å². The van der Waals surface area contributed by atoms with Crippen LogP contribution >= 0.6 is 23.2 Å². The third kappa shape index (κ3) is 5.72. The average Bonchev–Trinajstić information content (AvgIpc) is 2.75. The van der Waals surface area contributed by atoms with Gasteiger partial charge in [0.05, 0.1) is 34.4 Å². The van der Waals surface area contributed by atoms with Gasteiger partial charge in [-0.3, -0.25) is 4.79 Å². The fourth-order valence-electron chi connectivity index (χ4n) is 2.75. The minimum atomic E-state index is -3.94. The van der Waals surface area contributed by atoms with Crippen LogP contribution in [0.2, 0.25) is 10.0 Å². The van der Waals surface area contributed by atoms with E-state index in [2.05, 4.69) is 5.32 Å². The van der Waals surface area contributed by atoms with E-state index in [1.807, 2.05) is 0 Å². The summed E-state index contributed by atoms with van der Waals surface area (Å²) in [4.78, 5) is 24.0. The third-order valence-electron chi connectivity index (χ3n) is 4.30. The Morgan fingerprint density at radius 2 is 1.84 bits per heavy atom. The summed E-state index contributed by atoms with van der Waals surface area (Å²) >= 11 is 11.8. The molecule has 3 rings (SSSR count). The number of hydrogen-bond acceptors (Lipinski definition) is 6. The average molecular weight is 491 g/mol. The summed E-state index contributed by atoms with van der Waals surface area (Å²) < 4.78 is 50.7. The summed E-state index contributed by atoms with van der Waals surface area (Å²) in [5, 5.41) is 2.96. The Hall–Kier alpha value is -2.24. The Balaban J connectivity index is 1.69. The number of rotatable bonds is 6. The lowest BCUT2D eigenvalue weighted by molar-refractivity contribution is -0.119. The zero-order valence-electron chi connectivity index (χ0n) is 15.9. The Morgan fingerprint density at radius 1 is 1.13 bits per heavy atom. The number of benzene rings is 2. The number of carbonyl (C=O) groups excluding carboxylic acids is 2. The highest BCUT2D eigenvalue weighted by Gasteiger charge is 2.28. The number of sulfonamides is 1. The number of ether oxygens (including phenoxy) is 2. The van der Waals surface area contributed by atoms with E-state index in [-0.39, 0.29) is 41.9 Å². The molecule has 2 aromatic carbocycles. The number of carbonyl (C=O) groups is 2. The number of morpholine rings is 1. The van der Waals surface area contributed by atoms with E-state index in [1.54, 1.807) is 0 Å². The SMILES string of the molecule is O=C(COC(=O)c1cc(S(=O)(=O)N2CCOCC2)ccc1F)Nc1cc(Cl)ccc1Cl. The third-order valence-corrected chi connectivity index (χ3v) is 6.76. The lowest BCUT2D eigenvalue weighted by Gasteiger charge is -2.26. The van der Waals surface area contributed by atoms with Gasteiger partial charge in [0, 0.05) is 18.1 Å². The minimum absolute atomic E-state index is 0.145. The van der Waals surface area contributed by atoms with Gasteiger partial charge < -0.3 is 14.8 Å². The molecule has 0 saturated carbocycles. The maximum Gasteiger partial charge on any atom is 0.341 e. The molecule has 12 heteroatoms. The van der Waals surface area contributed by atoms with Crippen molar-refractivity contribution in [3.05, 3.63) is 57.8 Å². The molecule has 0 spiro atoms. The van der Waals surface area contributed by atoms with Gasteiger partial charge in [-0.1, -0.05) is 23.2 Å². The van der Waals surface area contributed by atoms with E-state index in [0.717, 1.165) is 18.2 Å². The molecule has 1 heterocycles. The molecule has 0 bridgehead atoms. The smallest absolute Gasteiger partial charge is 0.341 e. The molecule has 2 aromatic rings. The van der Waals surface area contributed by atoms with Gasteiger partial charge in [-0.2, -0.15) is 4.31 Å². The van der Waals surface area contributed by atoms with Crippen molar-refractivity contribution in [3.63, 3.8) is 0 Å². The summed E-state index contributed by atoms with van der Waals surface area (Å²) in [6.45, 7) is 0.0150. The molecule has 1 fully saturated rings. The predicted octanol–water partition coefficient (Wildman–Crippen LogP) is 2.95. The summed E-state index contributed by atoms with van der Waals surface area (Å²) in [5.41, 5.74) is -0.400. The fourth-order valence-corrected chi connectivity index (χ4v) is 4.52. The van der Waals surface area contributed by atoms with Crippen molar-refractivity contribution in [1.29, 1.82) is 0 Å². The lowest BCUT2D eigenvalue weighted by Crippen LogP contribution is -2.40. The molecular weight excluding hydrogens is 474 g/mol. The van der Waals surface area contributed by atoms with Crippen molar-refractivity contribution in [2.45, 2.75) is 4.90 Å². The minimum Gasteiger partial charge on any atom is -0.452 e. The van der Waals surface area contributed by atoms with Crippen LogP contribution in [-0.2, 0) is 24.3 Å². The number of esters is 1. The van der Waals surface area contributed by atoms with E-state index >= 15 is 0 Å². The van der Waals surface area contributed by atoms with E-state index in [9.17, 15) is 22.4 Å². The number of halogens is 3. The van der Waals surface area contributed by atoms with Gasteiger partial charge in [0.2, 0.25) is 10.0 Å². The molecule has 1 saturated heterocycles. The van der Waals surface area contributed by atoms with Crippen LogP contribution in [0.15, 0.2) is 41.3 Å². The Kier molecular flexibility index (Phi) is 7.50. The number of nitrogens with one attached hydrogen (secondary N) is 1. The molecular formula is C19H17Cl2FN2O6S. The number of anilines is 1. The van der Waals surface area contributed by atoms with Crippen LogP contribution in [0.5, 0.6) is 0 Å².